The lowest BCUT2D eigenvalue weighted by atomic mass is 10.0. The molecule has 2 rings (SSSR count). The van der Waals surface area contributed by atoms with E-state index in [1.807, 2.05) is 18.3 Å². The minimum Gasteiger partial charge on any atom is -0.497 e. The largest absolute Gasteiger partial charge is 0.497 e. The van der Waals surface area contributed by atoms with E-state index in [4.69, 9.17) is 10.5 Å². The molecule has 1 unspecified atom stereocenters. The average Bonchev–Trinajstić information content (AvgIpc) is 2.71. The second-order valence-corrected chi connectivity index (χ2v) is 4.10. The number of hydrogen-bond acceptors (Lipinski definition) is 2. The van der Waals surface area contributed by atoms with Gasteiger partial charge in [-0.1, -0.05) is 6.92 Å². The normalized spacial score (nSPS) is 12.2. The molecule has 0 spiro atoms. The fourth-order valence-electron chi connectivity index (χ4n) is 1.88. The molecule has 0 aliphatic carbocycles. The van der Waals surface area contributed by atoms with Crippen LogP contribution in [0.5, 0.6) is 5.75 Å². The minimum absolute atomic E-state index is 0. The zero-order valence-electron chi connectivity index (χ0n) is 10.2. The van der Waals surface area contributed by atoms with E-state index in [2.05, 4.69) is 18.0 Å². The molecule has 3 N–H and O–H groups in total. The molecule has 94 valence electrons. The molecule has 0 aliphatic rings. The third-order valence-corrected chi connectivity index (χ3v) is 2.98. The maximum absolute atomic E-state index is 5.98. The second-order valence-electron chi connectivity index (χ2n) is 4.10. The van der Waals surface area contributed by atoms with Crippen LogP contribution in [0.15, 0.2) is 24.4 Å². The minimum atomic E-state index is 0. The molecule has 1 aromatic heterocycles. The lowest BCUT2D eigenvalue weighted by molar-refractivity contribution is 0.415. The Morgan fingerprint density at radius 3 is 2.82 bits per heavy atom. The van der Waals surface area contributed by atoms with Crippen molar-refractivity contribution in [3.63, 3.8) is 0 Å². The summed E-state index contributed by atoms with van der Waals surface area (Å²) in [4.78, 5) is 3.26. The molecule has 0 saturated heterocycles. The van der Waals surface area contributed by atoms with Crippen molar-refractivity contribution < 1.29 is 4.74 Å². The summed E-state index contributed by atoms with van der Waals surface area (Å²) in [5.41, 5.74) is 8.39. The van der Waals surface area contributed by atoms with Crippen LogP contribution in [0.25, 0.3) is 10.9 Å². The zero-order chi connectivity index (χ0) is 11.5. The number of nitrogens with two attached hydrogens (primary N) is 1. The number of aromatic amines is 1. The van der Waals surface area contributed by atoms with Gasteiger partial charge in [0.2, 0.25) is 0 Å². The molecule has 0 bridgehead atoms. The zero-order valence-corrected chi connectivity index (χ0v) is 11.0. The highest BCUT2D eigenvalue weighted by molar-refractivity contribution is 5.85. The molecule has 0 saturated carbocycles. The molecule has 0 aliphatic heterocycles. The van der Waals surface area contributed by atoms with E-state index < -0.39 is 0 Å². The first-order chi connectivity index (χ1) is 7.74. The Labute approximate surface area is 108 Å². The molecular weight excluding hydrogens is 236 g/mol. The summed E-state index contributed by atoms with van der Waals surface area (Å²) in [6, 6.07) is 6.28. The highest BCUT2D eigenvalue weighted by Crippen LogP contribution is 2.24. The molecule has 3 nitrogen and oxygen atoms in total. The molecule has 1 heterocycles. The smallest absolute Gasteiger partial charge is 0.119 e. The molecule has 0 amide bonds. The maximum atomic E-state index is 5.98. The number of rotatable bonds is 4. The van der Waals surface area contributed by atoms with Crippen molar-refractivity contribution in [2.45, 2.75) is 25.8 Å². The quantitative estimate of drug-likeness (QED) is 0.882. The number of H-pyrrole nitrogens is 1. The van der Waals surface area contributed by atoms with Crippen LogP contribution in [0.2, 0.25) is 0 Å². The van der Waals surface area contributed by atoms with Gasteiger partial charge in [0, 0.05) is 23.1 Å². The summed E-state index contributed by atoms with van der Waals surface area (Å²) < 4.78 is 5.23. The monoisotopic (exact) mass is 254 g/mol. The van der Waals surface area contributed by atoms with E-state index in [1.165, 1.54) is 10.9 Å². The summed E-state index contributed by atoms with van der Waals surface area (Å²) >= 11 is 0. The molecule has 0 radical (unpaired) electrons. The van der Waals surface area contributed by atoms with Gasteiger partial charge >= 0.3 is 0 Å². The van der Waals surface area contributed by atoms with E-state index in [1.54, 1.807) is 7.11 Å². The SMILES string of the molecule is CCC(N)Cc1c[nH]c2ccc(OC)cc12.Cl. The van der Waals surface area contributed by atoms with Crippen LogP contribution in [0, 0.1) is 0 Å². The Bertz CT molecular complexity index is 481. The van der Waals surface area contributed by atoms with Crippen LogP contribution in [0.4, 0.5) is 0 Å². The first-order valence-electron chi connectivity index (χ1n) is 5.64. The number of nitrogens with one attached hydrogen (secondary N) is 1. The van der Waals surface area contributed by atoms with Gasteiger partial charge in [0.1, 0.15) is 5.75 Å². The number of fused-ring (bicyclic) bond motifs is 1. The van der Waals surface area contributed by atoms with Gasteiger partial charge in [0.05, 0.1) is 7.11 Å². The van der Waals surface area contributed by atoms with Crippen molar-refractivity contribution in [2.24, 2.45) is 5.73 Å². The lowest BCUT2D eigenvalue weighted by Crippen LogP contribution is -2.21. The Balaban J connectivity index is 0.00000144. The van der Waals surface area contributed by atoms with Crippen LogP contribution in [0.3, 0.4) is 0 Å². The summed E-state index contributed by atoms with van der Waals surface area (Å²) in [6.07, 6.45) is 3.94. The number of halogens is 1. The van der Waals surface area contributed by atoms with Crippen molar-refractivity contribution >= 4 is 23.3 Å². The van der Waals surface area contributed by atoms with Crippen LogP contribution in [0.1, 0.15) is 18.9 Å². The standard InChI is InChI=1S/C13H18N2O.ClH/c1-3-10(14)6-9-8-15-13-5-4-11(16-2)7-12(9)13;/h4-5,7-8,10,15H,3,6,14H2,1-2H3;1H. The molecular formula is C13H19ClN2O. The van der Waals surface area contributed by atoms with Gasteiger partial charge in [-0.25, -0.2) is 0 Å². The third kappa shape index (κ3) is 2.93. The number of aromatic nitrogens is 1. The third-order valence-electron chi connectivity index (χ3n) is 2.98. The molecule has 17 heavy (non-hydrogen) atoms. The first kappa shape index (κ1) is 13.9. The van der Waals surface area contributed by atoms with Gasteiger partial charge in [-0.3, -0.25) is 0 Å². The molecule has 4 heteroatoms. The van der Waals surface area contributed by atoms with Gasteiger partial charge in [-0.2, -0.15) is 0 Å². The number of methoxy groups -OCH3 is 1. The first-order valence-corrected chi connectivity index (χ1v) is 5.64. The van der Waals surface area contributed by atoms with Gasteiger partial charge in [-0.05, 0) is 36.6 Å². The Morgan fingerprint density at radius 2 is 2.18 bits per heavy atom. The Morgan fingerprint density at radius 1 is 1.41 bits per heavy atom. The van der Waals surface area contributed by atoms with E-state index >= 15 is 0 Å². The maximum Gasteiger partial charge on any atom is 0.119 e. The van der Waals surface area contributed by atoms with Gasteiger partial charge < -0.3 is 15.5 Å². The van der Waals surface area contributed by atoms with Crippen molar-refractivity contribution in [3.8, 4) is 5.75 Å². The summed E-state index contributed by atoms with van der Waals surface area (Å²) in [5.74, 6) is 0.887. The topological polar surface area (TPSA) is 51.0 Å². The molecule has 1 aromatic carbocycles. The summed E-state index contributed by atoms with van der Waals surface area (Å²) in [6.45, 7) is 2.11. The number of benzene rings is 1. The highest BCUT2D eigenvalue weighted by atomic mass is 35.5. The van der Waals surface area contributed by atoms with Gasteiger partial charge in [-0.15, -0.1) is 12.4 Å². The van der Waals surface area contributed by atoms with Gasteiger partial charge in [0.25, 0.3) is 0 Å². The second kappa shape index (κ2) is 5.94. The fraction of sp³-hybridized carbons (Fsp3) is 0.385. The summed E-state index contributed by atoms with van der Waals surface area (Å²) in [5, 5.41) is 1.21. The van der Waals surface area contributed by atoms with E-state index in [-0.39, 0.29) is 18.4 Å². The predicted octanol–water partition coefficient (Wildman–Crippen LogP) is 2.88. The van der Waals surface area contributed by atoms with Crippen molar-refractivity contribution in [1.29, 1.82) is 0 Å². The van der Waals surface area contributed by atoms with Crippen LogP contribution >= 0.6 is 12.4 Å². The Hall–Kier alpha value is -1.19. The van der Waals surface area contributed by atoms with Crippen molar-refractivity contribution in [2.75, 3.05) is 7.11 Å². The highest BCUT2D eigenvalue weighted by Gasteiger charge is 2.08. The molecule has 2 aromatic rings. The van der Waals surface area contributed by atoms with E-state index in [0.717, 1.165) is 24.1 Å². The lowest BCUT2D eigenvalue weighted by Gasteiger charge is -2.07. The number of ether oxygens (including phenoxy) is 1. The molecule has 1 atom stereocenters. The number of hydrogen-bond donors (Lipinski definition) is 2. The summed E-state index contributed by atoms with van der Waals surface area (Å²) in [7, 11) is 1.69. The predicted molar refractivity (Wildman–Crippen MR) is 74.1 cm³/mol. The van der Waals surface area contributed by atoms with Gasteiger partial charge in [0.15, 0.2) is 0 Å². The Kier molecular flexibility index (Phi) is 4.85. The van der Waals surface area contributed by atoms with Crippen LogP contribution in [-0.2, 0) is 6.42 Å². The van der Waals surface area contributed by atoms with Crippen LogP contribution < -0.4 is 10.5 Å². The average molecular weight is 255 g/mol. The van der Waals surface area contributed by atoms with Crippen molar-refractivity contribution in [3.05, 3.63) is 30.0 Å². The van der Waals surface area contributed by atoms with E-state index in [9.17, 15) is 0 Å². The molecule has 0 fully saturated rings. The van der Waals surface area contributed by atoms with Crippen molar-refractivity contribution in [1.82, 2.24) is 4.98 Å². The fourth-order valence-corrected chi connectivity index (χ4v) is 1.88. The van der Waals surface area contributed by atoms with E-state index in [0.29, 0.717) is 0 Å². The van der Waals surface area contributed by atoms with Crippen LogP contribution in [-0.4, -0.2) is 18.1 Å².